The first-order chi connectivity index (χ1) is 5.43. The molecule has 1 nitrogen and oxygen atoms in total. The van der Waals surface area contributed by atoms with Crippen molar-refractivity contribution < 1.29 is 21.7 Å². The third-order valence-corrected chi connectivity index (χ3v) is 2.08. The van der Waals surface area contributed by atoms with Gasteiger partial charge in [-0.05, 0) is 6.42 Å². The van der Waals surface area contributed by atoms with Gasteiger partial charge in [0.2, 0.25) is 0 Å². The van der Waals surface area contributed by atoms with E-state index in [0.29, 0.717) is 0 Å². The molecule has 0 spiro atoms. The summed E-state index contributed by atoms with van der Waals surface area (Å²) in [6.07, 6.45) is 2.36. The summed E-state index contributed by atoms with van der Waals surface area (Å²) >= 11 is 1.60. The fraction of sp³-hybridized carbons (Fsp3) is 0.556. The van der Waals surface area contributed by atoms with Crippen molar-refractivity contribution in [3.63, 3.8) is 0 Å². The molecule has 70 valence electrons. The normalized spacial score (nSPS) is 8.69. The van der Waals surface area contributed by atoms with E-state index < -0.39 is 0 Å². The van der Waals surface area contributed by atoms with Gasteiger partial charge in [-0.3, -0.25) is 0 Å². The van der Waals surface area contributed by atoms with Gasteiger partial charge in [-0.15, -0.1) is 10.9 Å². The Bertz CT molecular complexity index is 180. The predicted octanol–water partition coefficient (Wildman–Crippen LogP) is -0.512. The maximum atomic E-state index is 5.39. The van der Waals surface area contributed by atoms with Gasteiger partial charge in [0, 0.05) is 13.2 Å². The molecule has 0 aliphatic rings. The van der Waals surface area contributed by atoms with Gasteiger partial charge in [0.15, 0.2) is 0 Å². The van der Waals surface area contributed by atoms with Crippen LogP contribution in [0, 0.1) is 5.38 Å². The van der Waals surface area contributed by atoms with E-state index in [1.165, 1.54) is 12.0 Å². The molecule has 0 N–H and O–H groups in total. The maximum absolute atomic E-state index is 5.39. The third-order valence-electron chi connectivity index (χ3n) is 1.43. The molecule has 0 amide bonds. The van der Waals surface area contributed by atoms with Crippen molar-refractivity contribution in [1.82, 2.24) is 0 Å². The fourth-order valence-corrected chi connectivity index (χ4v) is 1.34. The van der Waals surface area contributed by atoms with Crippen molar-refractivity contribution in [3.8, 4) is 0 Å². The zero-order chi connectivity index (χ0) is 7.94. The Kier molecular flexibility index (Phi) is 13.8. The van der Waals surface area contributed by atoms with Gasteiger partial charge < -0.3 is 33.1 Å². The van der Waals surface area contributed by atoms with E-state index in [1.807, 2.05) is 5.38 Å². The van der Waals surface area contributed by atoms with Gasteiger partial charge in [-0.1, -0.05) is 13.3 Å². The molecule has 0 aliphatic heterocycles. The molecule has 0 aliphatic carbocycles. The molecule has 0 fully saturated rings. The minimum absolute atomic E-state index is 0. The van der Waals surface area contributed by atoms with Crippen molar-refractivity contribution in [3.05, 3.63) is 22.4 Å². The Balaban J connectivity index is 0. The second-order valence-electron chi connectivity index (χ2n) is 2.45. The Morgan fingerprint density at radius 2 is 2.31 bits per heavy atom. The zero-order valence-corrected chi connectivity index (χ0v) is 11.7. The average Bonchev–Trinajstić information content (AvgIpc) is 2.50. The van der Waals surface area contributed by atoms with Crippen molar-refractivity contribution in [2.45, 2.75) is 26.4 Å². The van der Waals surface area contributed by atoms with Crippen LogP contribution in [0.3, 0.4) is 0 Å². The monoisotopic (exact) mass is 272 g/mol. The maximum Gasteiger partial charge on any atom is 2.00 e. The Morgan fingerprint density at radius 3 is 2.85 bits per heavy atom. The van der Waals surface area contributed by atoms with Crippen LogP contribution < -0.4 is 17.0 Å². The SMILES string of the molecule is CCCCOCc1[c-]scc1.[Br-].[Mg+2]. The van der Waals surface area contributed by atoms with Crippen LogP contribution in [-0.4, -0.2) is 29.7 Å². The minimum Gasteiger partial charge on any atom is -1.00 e. The topological polar surface area (TPSA) is 9.23 Å². The van der Waals surface area contributed by atoms with E-state index in [9.17, 15) is 0 Å². The molecule has 1 heterocycles. The van der Waals surface area contributed by atoms with Gasteiger partial charge in [-0.2, -0.15) is 11.4 Å². The molecule has 0 atom stereocenters. The zero-order valence-electron chi connectivity index (χ0n) is 7.88. The Labute approximate surface area is 111 Å². The Hall–Kier alpha value is 0.906. The Morgan fingerprint density at radius 1 is 1.54 bits per heavy atom. The first kappa shape index (κ1) is 16.3. The van der Waals surface area contributed by atoms with E-state index in [-0.39, 0.29) is 40.0 Å². The van der Waals surface area contributed by atoms with E-state index in [4.69, 9.17) is 4.74 Å². The summed E-state index contributed by atoms with van der Waals surface area (Å²) in [5, 5.41) is 5.16. The van der Waals surface area contributed by atoms with Crippen LogP contribution in [0.5, 0.6) is 0 Å². The first-order valence-electron chi connectivity index (χ1n) is 3.95. The number of hydrogen-bond donors (Lipinski definition) is 0. The number of rotatable bonds is 5. The standard InChI is InChI=1S/C9H13OS.BrH.Mg/c1-2-3-5-10-7-9-4-6-11-8-9;;/h4,6H,2-3,5,7H2,1H3;1H;/q-1;;+2/p-1. The predicted molar refractivity (Wildman–Crippen MR) is 53.5 cm³/mol. The van der Waals surface area contributed by atoms with Gasteiger partial charge in [0.1, 0.15) is 0 Å². The molecule has 1 rings (SSSR count). The fourth-order valence-electron chi connectivity index (χ4n) is 0.766. The number of halogens is 1. The van der Waals surface area contributed by atoms with Crippen molar-refractivity contribution in [2.24, 2.45) is 0 Å². The number of ether oxygens (including phenoxy) is 1. The average molecular weight is 273 g/mol. The molecule has 1 aromatic rings. The van der Waals surface area contributed by atoms with Crippen LogP contribution in [-0.2, 0) is 11.3 Å². The molecule has 0 radical (unpaired) electrons. The molecule has 0 aromatic carbocycles. The van der Waals surface area contributed by atoms with E-state index >= 15 is 0 Å². The molecule has 0 saturated carbocycles. The molecular formula is C9H13BrMgOS. The van der Waals surface area contributed by atoms with E-state index in [1.54, 1.807) is 11.3 Å². The van der Waals surface area contributed by atoms with Gasteiger partial charge >= 0.3 is 23.1 Å². The third kappa shape index (κ3) is 7.94. The second-order valence-corrected chi connectivity index (χ2v) is 3.17. The molecule has 1 aromatic heterocycles. The molecule has 0 saturated heterocycles. The van der Waals surface area contributed by atoms with Crippen molar-refractivity contribution in [1.29, 1.82) is 0 Å². The molecule has 0 unspecified atom stereocenters. The molecular weight excluding hydrogens is 260 g/mol. The molecule has 13 heavy (non-hydrogen) atoms. The molecule has 4 heteroatoms. The number of hydrogen-bond acceptors (Lipinski definition) is 2. The van der Waals surface area contributed by atoms with Crippen LogP contribution in [0.15, 0.2) is 11.4 Å². The summed E-state index contributed by atoms with van der Waals surface area (Å²) in [6, 6.07) is 2.05. The van der Waals surface area contributed by atoms with Crippen LogP contribution in [0.1, 0.15) is 25.3 Å². The summed E-state index contributed by atoms with van der Waals surface area (Å²) in [4.78, 5) is 0. The summed E-state index contributed by atoms with van der Waals surface area (Å²) in [5.74, 6) is 0. The largest absolute Gasteiger partial charge is 2.00 e. The van der Waals surface area contributed by atoms with Crippen molar-refractivity contribution >= 4 is 34.4 Å². The van der Waals surface area contributed by atoms with Crippen LogP contribution in [0.25, 0.3) is 0 Å². The summed E-state index contributed by atoms with van der Waals surface area (Å²) < 4.78 is 5.39. The van der Waals surface area contributed by atoms with E-state index in [2.05, 4.69) is 18.4 Å². The summed E-state index contributed by atoms with van der Waals surface area (Å²) in [7, 11) is 0. The first-order valence-corrected chi connectivity index (χ1v) is 4.83. The van der Waals surface area contributed by atoms with Crippen LogP contribution in [0.2, 0.25) is 0 Å². The summed E-state index contributed by atoms with van der Waals surface area (Å²) in [6.45, 7) is 3.77. The minimum atomic E-state index is 0. The second kappa shape index (κ2) is 11.0. The van der Waals surface area contributed by atoms with Crippen molar-refractivity contribution in [2.75, 3.05) is 6.61 Å². The van der Waals surface area contributed by atoms with Gasteiger partial charge in [0.25, 0.3) is 0 Å². The van der Waals surface area contributed by atoms with Gasteiger partial charge in [-0.25, -0.2) is 0 Å². The smallest absolute Gasteiger partial charge is 1.00 e. The number of unbranched alkanes of at least 4 members (excludes halogenated alkanes) is 1. The van der Waals surface area contributed by atoms with Gasteiger partial charge in [0.05, 0.1) is 0 Å². The number of thiophene rings is 1. The van der Waals surface area contributed by atoms with Crippen LogP contribution in [0.4, 0.5) is 0 Å². The molecule has 0 bridgehead atoms. The van der Waals surface area contributed by atoms with E-state index in [0.717, 1.165) is 19.6 Å². The summed E-state index contributed by atoms with van der Waals surface area (Å²) in [5.41, 5.74) is 1.17. The quantitative estimate of drug-likeness (QED) is 0.399. The van der Waals surface area contributed by atoms with Crippen LogP contribution >= 0.6 is 11.3 Å².